The highest BCUT2D eigenvalue weighted by Crippen LogP contribution is 2.34. The lowest BCUT2D eigenvalue weighted by molar-refractivity contribution is -0.385. The van der Waals surface area contributed by atoms with E-state index in [1.54, 1.807) is 13.8 Å². The van der Waals surface area contributed by atoms with Crippen LogP contribution in [0.3, 0.4) is 0 Å². The molecule has 1 aliphatic heterocycles. The molecule has 1 aromatic heterocycles. The Balaban J connectivity index is 1.97. The van der Waals surface area contributed by atoms with Crippen molar-refractivity contribution in [2.45, 2.75) is 39.7 Å². The number of hydrogen-bond acceptors (Lipinski definition) is 8. The van der Waals surface area contributed by atoms with Crippen LogP contribution in [0.4, 0.5) is 5.69 Å². The number of nitro groups is 1. The molecule has 37 heavy (non-hydrogen) atoms. The molecule has 0 fully saturated rings. The Kier molecular flexibility index (Phi) is 7.47. The summed E-state index contributed by atoms with van der Waals surface area (Å²) in [5.41, 5.74) is 1.70. The third-order valence-corrected chi connectivity index (χ3v) is 7.44. The number of carbonyl (C=O) groups excluding carboxylic acids is 1. The number of phenolic OH excluding ortho intramolecular Hbond substituents is 1. The second-order valence-corrected chi connectivity index (χ2v) is 10.7. The number of aromatic nitrogens is 1. The summed E-state index contributed by atoms with van der Waals surface area (Å²) in [5, 5.41) is 21.8. The lowest BCUT2D eigenvalue weighted by atomic mass is 9.93. The molecule has 1 atom stereocenters. The number of hydrogen-bond donors (Lipinski definition) is 1. The molecule has 0 saturated heterocycles. The van der Waals surface area contributed by atoms with Crippen LogP contribution >= 0.6 is 27.3 Å². The maximum Gasteiger partial charge on any atom is 0.338 e. The summed E-state index contributed by atoms with van der Waals surface area (Å²) in [4.78, 5) is 42.2. The molecule has 0 saturated carbocycles. The summed E-state index contributed by atoms with van der Waals surface area (Å²) >= 11 is 4.28. The van der Waals surface area contributed by atoms with E-state index in [9.17, 15) is 24.8 Å². The van der Waals surface area contributed by atoms with E-state index in [1.165, 1.54) is 22.8 Å². The number of esters is 1. The smallest absolute Gasteiger partial charge is 0.338 e. The van der Waals surface area contributed by atoms with Crippen LogP contribution < -0.4 is 14.9 Å². The number of rotatable bonds is 6. The first kappa shape index (κ1) is 26.5. The highest BCUT2D eigenvalue weighted by Gasteiger charge is 2.33. The predicted octanol–water partition coefficient (Wildman–Crippen LogP) is 4.30. The molecule has 3 aromatic rings. The summed E-state index contributed by atoms with van der Waals surface area (Å²) in [6.07, 6.45) is 1.39. The summed E-state index contributed by atoms with van der Waals surface area (Å²) in [6, 6.07) is 9.60. The average Bonchev–Trinajstić information content (AvgIpc) is 3.14. The molecule has 0 amide bonds. The third kappa shape index (κ3) is 5.01. The van der Waals surface area contributed by atoms with Crippen LogP contribution in [-0.4, -0.2) is 27.2 Å². The van der Waals surface area contributed by atoms with Gasteiger partial charge in [-0.05, 0) is 43.0 Å². The second kappa shape index (κ2) is 10.4. The minimum atomic E-state index is -0.774. The van der Waals surface area contributed by atoms with E-state index in [-0.39, 0.29) is 22.3 Å². The molecule has 0 spiro atoms. The number of allylic oxidation sites excluding steroid dienone is 1. The van der Waals surface area contributed by atoms with Crippen LogP contribution in [0.5, 0.6) is 5.75 Å². The van der Waals surface area contributed by atoms with E-state index in [0.29, 0.717) is 20.9 Å². The van der Waals surface area contributed by atoms with Gasteiger partial charge in [0.05, 0.1) is 33.4 Å². The van der Waals surface area contributed by atoms with Gasteiger partial charge in [0.2, 0.25) is 5.75 Å². The van der Waals surface area contributed by atoms with Crippen molar-refractivity contribution < 1.29 is 19.6 Å². The Morgan fingerprint density at radius 2 is 2.00 bits per heavy atom. The number of fused-ring (bicyclic) bond motifs is 1. The van der Waals surface area contributed by atoms with Crippen LogP contribution in [-0.2, 0) is 9.53 Å². The molecule has 2 aromatic carbocycles. The molecule has 0 unspecified atom stereocenters. The van der Waals surface area contributed by atoms with Crippen molar-refractivity contribution in [3.8, 4) is 5.75 Å². The molecule has 4 rings (SSSR count). The van der Waals surface area contributed by atoms with Gasteiger partial charge in [-0.3, -0.25) is 19.5 Å². The van der Waals surface area contributed by atoms with Crippen LogP contribution in [0.15, 0.2) is 61.9 Å². The fourth-order valence-corrected chi connectivity index (χ4v) is 5.67. The molecular weight excluding hydrogens is 562 g/mol. The average molecular weight is 586 g/mol. The summed E-state index contributed by atoms with van der Waals surface area (Å²) < 4.78 is 7.31. The lowest BCUT2D eigenvalue weighted by Gasteiger charge is -2.25. The topological polar surface area (TPSA) is 124 Å². The van der Waals surface area contributed by atoms with Crippen molar-refractivity contribution >= 4 is 45.0 Å². The largest absolute Gasteiger partial charge is 0.502 e. The van der Waals surface area contributed by atoms with Gasteiger partial charge in [-0.15, -0.1) is 0 Å². The predicted molar refractivity (Wildman–Crippen MR) is 143 cm³/mol. The van der Waals surface area contributed by atoms with Gasteiger partial charge in [0.25, 0.3) is 5.56 Å². The number of phenols is 1. The molecule has 0 bridgehead atoms. The first-order chi connectivity index (χ1) is 17.5. The molecule has 0 aliphatic carbocycles. The number of carbonyl (C=O) groups is 1. The van der Waals surface area contributed by atoms with Gasteiger partial charge in [-0.1, -0.05) is 65.4 Å². The minimum Gasteiger partial charge on any atom is -0.502 e. The lowest BCUT2D eigenvalue weighted by Crippen LogP contribution is -2.39. The molecule has 1 aliphatic rings. The third-order valence-electron chi connectivity index (χ3n) is 6.00. The first-order valence-electron chi connectivity index (χ1n) is 11.5. The molecule has 11 heteroatoms. The van der Waals surface area contributed by atoms with Crippen molar-refractivity contribution in [2.24, 2.45) is 4.99 Å². The van der Waals surface area contributed by atoms with E-state index in [1.807, 2.05) is 24.3 Å². The number of benzene rings is 2. The zero-order valence-electron chi connectivity index (χ0n) is 20.5. The Hall–Kier alpha value is -3.57. The normalized spacial score (nSPS) is 15.5. The summed E-state index contributed by atoms with van der Waals surface area (Å²) in [7, 11) is 0. The molecular formula is C26H24BrN3O6S. The van der Waals surface area contributed by atoms with Gasteiger partial charge in [0, 0.05) is 16.1 Å². The van der Waals surface area contributed by atoms with Gasteiger partial charge in [-0.2, -0.15) is 0 Å². The molecule has 192 valence electrons. The fourth-order valence-electron chi connectivity index (χ4n) is 4.17. The van der Waals surface area contributed by atoms with Crippen molar-refractivity contribution in [3.63, 3.8) is 0 Å². The van der Waals surface area contributed by atoms with Gasteiger partial charge in [0.1, 0.15) is 0 Å². The zero-order valence-corrected chi connectivity index (χ0v) is 22.9. The SMILES string of the molecule is CCOC(=O)C1=C(C)N=c2s/c(=C\c3cc(Br)cc([N+](=O)[O-])c3O)c(=O)n2[C@H]1c1ccc(C(C)C)cc1. The van der Waals surface area contributed by atoms with E-state index in [2.05, 4.69) is 34.8 Å². The van der Waals surface area contributed by atoms with Crippen molar-refractivity contribution in [2.75, 3.05) is 6.61 Å². The highest BCUT2D eigenvalue weighted by molar-refractivity contribution is 9.10. The standard InChI is InChI=1S/C26H24BrN3O6S/c1-5-36-25(33)21-14(4)28-26-29(22(21)16-8-6-15(7-9-16)13(2)3)24(32)20(37-26)11-17-10-18(27)12-19(23(17)31)30(34)35/h6-13,22,31H,5H2,1-4H3/b20-11-/t22-/m0/s1. The maximum absolute atomic E-state index is 13.7. The summed E-state index contributed by atoms with van der Waals surface area (Å²) in [5.74, 6) is -0.806. The Morgan fingerprint density at radius 3 is 2.59 bits per heavy atom. The molecule has 2 heterocycles. The van der Waals surface area contributed by atoms with Gasteiger partial charge in [-0.25, -0.2) is 9.79 Å². The van der Waals surface area contributed by atoms with Crippen LogP contribution in [0.2, 0.25) is 0 Å². The van der Waals surface area contributed by atoms with Gasteiger partial charge >= 0.3 is 11.7 Å². The van der Waals surface area contributed by atoms with Crippen molar-refractivity contribution in [3.05, 3.63) is 98.6 Å². The number of aromatic hydroxyl groups is 1. The zero-order chi connectivity index (χ0) is 27.0. The Bertz CT molecular complexity index is 1620. The molecule has 9 nitrogen and oxygen atoms in total. The second-order valence-electron chi connectivity index (χ2n) is 8.74. The minimum absolute atomic E-state index is 0.102. The van der Waals surface area contributed by atoms with E-state index in [4.69, 9.17) is 4.74 Å². The monoisotopic (exact) mass is 585 g/mol. The highest BCUT2D eigenvalue weighted by atomic mass is 79.9. The number of thiazole rings is 1. The molecule has 0 radical (unpaired) electrons. The number of halogens is 1. The molecule has 1 N–H and O–H groups in total. The van der Waals surface area contributed by atoms with E-state index >= 15 is 0 Å². The maximum atomic E-state index is 13.7. The fraction of sp³-hybridized carbons (Fsp3) is 0.269. The first-order valence-corrected chi connectivity index (χ1v) is 13.1. The van der Waals surface area contributed by atoms with Crippen LogP contribution in [0.1, 0.15) is 56.3 Å². The van der Waals surface area contributed by atoms with Gasteiger partial charge < -0.3 is 9.84 Å². The van der Waals surface area contributed by atoms with E-state index in [0.717, 1.165) is 22.5 Å². The van der Waals surface area contributed by atoms with Crippen molar-refractivity contribution in [1.82, 2.24) is 4.57 Å². The summed E-state index contributed by atoms with van der Waals surface area (Å²) in [6.45, 7) is 7.73. The Labute approximate surface area is 224 Å². The van der Waals surface area contributed by atoms with E-state index < -0.39 is 33.9 Å². The van der Waals surface area contributed by atoms with Crippen LogP contribution in [0.25, 0.3) is 6.08 Å². The Morgan fingerprint density at radius 1 is 1.32 bits per heavy atom. The van der Waals surface area contributed by atoms with Crippen LogP contribution in [0, 0.1) is 10.1 Å². The number of ether oxygens (including phenoxy) is 1. The number of nitrogens with zero attached hydrogens (tertiary/aromatic N) is 3. The number of nitro benzene ring substituents is 1. The van der Waals surface area contributed by atoms with Crippen molar-refractivity contribution in [1.29, 1.82) is 0 Å². The van der Waals surface area contributed by atoms with Gasteiger partial charge in [0.15, 0.2) is 4.80 Å². The quantitative estimate of drug-likeness (QED) is 0.261.